The normalized spacial score (nSPS) is 16.8. The Balaban J connectivity index is 3.97. The van der Waals surface area contributed by atoms with E-state index in [4.69, 9.17) is 0 Å². The van der Waals surface area contributed by atoms with Crippen LogP contribution in [0.5, 0.6) is 0 Å². The molecule has 0 saturated heterocycles. The molecule has 0 spiro atoms. The van der Waals surface area contributed by atoms with Crippen LogP contribution in [0.4, 0.5) is 0 Å². The molecule has 15 heavy (non-hydrogen) atoms. The molecule has 0 saturated carbocycles. The van der Waals surface area contributed by atoms with Crippen molar-refractivity contribution in [1.82, 2.24) is 10.2 Å². The highest BCUT2D eigenvalue weighted by molar-refractivity contribution is 4.82. The van der Waals surface area contributed by atoms with Crippen molar-refractivity contribution in [2.75, 3.05) is 19.6 Å². The zero-order valence-electron chi connectivity index (χ0n) is 11.2. The highest BCUT2D eigenvalue weighted by Gasteiger charge is 2.23. The maximum Gasteiger partial charge on any atom is 0.0741 e. The topological polar surface area (TPSA) is 35.5 Å². The van der Waals surface area contributed by atoms with Gasteiger partial charge in [-0.05, 0) is 40.8 Å². The van der Waals surface area contributed by atoms with Gasteiger partial charge in [0, 0.05) is 18.6 Å². The SMILES string of the molecule is CCN(CC)CC(C)NC(C)C(C)(C)O. The third-order valence-corrected chi connectivity index (χ3v) is 3.02. The summed E-state index contributed by atoms with van der Waals surface area (Å²) in [6, 6.07) is 0.523. The highest BCUT2D eigenvalue weighted by atomic mass is 16.3. The molecule has 0 bridgehead atoms. The summed E-state index contributed by atoms with van der Waals surface area (Å²) in [6.45, 7) is 15.4. The van der Waals surface area contributed by atoms with Gasteiger partial charge in [-0.2, -0.15) is 0 Å². The van der Waals surface area contributed by atoms with E-state index in [2.05, 4.69) is 31.0 Å². The maximum absolute atomic E-state index is 9.81. The molecule has 0 heterocycles. The number of nitrogens with zero attached hydrogens (tertiary/aromatic N) is 1. The van der Waals surface area contributed by atoms with Crippen molar-refractivity contribution in [2.45, 2.75) is 59.2 Å². The van der Waals surface area contributed by atoms with Gasteiger partial charge in [0.2, 0.25) is 0 Å². The lowest BCUT2D eigenvalue weighted by Gasteiger charge is -2.32. The summed E-state index contributed by atoms with van der Waals surface area (Å²) in [4.78, 5) is 2.38. The fourth-order valence-corrected chi connectivity index (χ4v) is 1.55. The zero-order valence-corrected chi connectivity index (χ0v) is 11.2. The van der Waals surface area contributed by atoms with E-state index >= 15 is 0 Å². The molecular formula is C12H28N2O. The second-order valence-electron chi connectivity index (χ2n) is 4.93. The summed E-state index contributed by atoms with van der Waals surface area (Å²) in [6.07, 6.45) is 0. The zero-order chi connectivity index (χ0) is 12.1. The van der Waals surface area contributed by atoms with Crippen molar-refractivity contribution in [2.24, 2.45) is 0 Å². The molecule has 0 aromatic carbocycles. The molecule has 0 rings (SSSR count). The lowest BCUT2D eigenvalue weighted by molar-refractivity contribution is 0.0387. The first kappa shape index (κ1) is 14.9. The summed E-state index contributed by atoms with van der Waals surface area (Å²) in [5, 5.41) is 13.2. The smallest absolute Gasteiger partial charge is 0.0741 e. The molecule has 0 fully saturated rings. The van der Waals surface area contributed by atoms with Gasteiger partial charge in [0.1, 0.15) is 0 Å². The Labute approximate surface area is 94.9 Å². The van der Waals surface area contributed by atoms with Gasteiger partial charge in [0.25, 0.3) is 0 Å². The average molecular weight is 216 g/mol. The first-order chi connectivity index (χ1) is 6.81. The predicted octanol–water partition coefficient (Wildman–Crippen LogP) is 1.47. The van der Waals surface area contributed by atoms with Crippen LogP contribution in [0.3, 0.4) is 0 Å². The van der Waals surface area contributed by atoms with Crippen molar-refractivity contribution in [3.63, 3.8) is 0 Å². The minimum Gasteiger partial charge on any atom is -0.389 e. The summed E-state index contributed by atoms with van der Waals surface area (Å²) >= 11 is 0. The lowest BCUT2D eigenvalue weighted by Crippen LogP contribution is -2.51. The number of nitrogens with one attached hydrogen (secondary N) is 1. The van der Waals surface area contributed by atoms with Gasteiger partial charge in [-0.3, -0.25) is 0 Å². The van der Waals surface area contributed by atoms with Crippen molar-refractivity contribution in [1.29, 1.82) is 0 Å². The van der Waals surface area contributed by atoms with E-state index in [0.717, 1.165) is 19.6 Å². The fraction of sp³-hybridized carbons (Fsp3) is 1.00. The fourth-order valence-electron chi connectivity index (χ4n) is 1.55. The van der Waals surface area contributed by atoms with Gasteiger partial charge >= 0.3 is 0 Å². The largest absolute Gasteiger partial charge is 0.389 e. The third-order valence-electron chi connectivity index (χ3n) is 3.02. The van der Waals surface area contributed by atoms with E-state index in [1.807, 2.05) is 20.8 Å². The van der Waals surface area contributed by atoms with Crippen molar-refractivity contribution < 1.29 is 5.11 Å². The Kier molecular flexibility index (Phi) is 6.41. The van der Waals surface area contributed by atoms with Crippen molar-refractivity contribution >= 4 is 0 Å². The molecule has 2 atom stereocenters. The summed E-state index contributed by atoms with van der Waals surface area (Å²) < 4.78 is 0. The molecule has 0 radical (unpaired) electrons. The molecule has 0 aliphatic heterocycles. The highest BCUT2D eigenvalue weighted by Crippen LogP contribution is 2.08. The summed E-state index contributed by atoms with van der Waals surface area (Å²) in [7, 11) is 0. The Hall–Kier alpha value is -0.120. The average Bonchev–Trinajstić information content (AvgIpc) is 2.12. The lowest BCUT2D eigenvalue weighted by atomic mass is 10.00. The van der Waals surface area contributed by atoms with E-state index in [9.17, 15) is 5.11 Å². The number of rotatable bonds is 7. The quantitative estimate of drug-likeness (QED) is 0.676. The van der Waals surface area contributed by atoms with Crippen LogP contribution in [0, 0.1) is 0 Å². The summed E-state index contributed by atoms with van der Waals surface area (Å²) in [5.41, 5.74) is -0.655. The Morgan fingerprint density at radius 1 is 1.20 bits per heavy atom. The van der Waals surface area contributed by atoms with Crippen LogP contribution >= 0.6 is 0 Å². The van der Waals surface area contributed by atoms with Gasteiger partial charge in [-0.25, -0.2) is 0 Å². The molecule has 0 amide bonds. The van der Waals surface area contributed by atoms with Gasteiger partial charge in [0.05, 0.1) is 5.60 Å². The molecule has 0 aromatic rings. The van der Waals surface area contributed by atoms with Gasteiger partial charge in [-0.15, -0.1) is 0 Å². The van der Waals surface area contributed by atoms with E-state index in [1.54, 1.807) is 0 Å². The maximum atomic E-state index is 9.81. The second kappa shape index (κ2) is 6.46. The van der Waals surface area contributed by atoms with Gasteiger partial charge < -0.3 is 15.3 Å². The minimum atomic E-state index is -0.655. The Bertz CT molecular complexity index is 161. The van der Waals surface area contributed by atoms with Crippen molar-refractivity contribution in [3.8, 4) is 0 Å². The van der Waals surface area contributed by atoms with Crippen LogP contribution in [-0.2, 0) is 0 Å². The van der Waals surface area contributed by atoms with Crippen LogP contribution in [0.2, 0.25) is 0 Å². The molecule has 0 aromatic heterocycles. The van der Waals surface area contributed by atoms with Gasteiger partial charge in [-0.1, -0.05) is 13.8 Å². The van der Waals surface area contributed by atoms with E-state index in [0.29, 0.717) is 6.04 Å². The van der Waals surface area contributed by atoms with E-state index < -0.39 is 5.60 Å². The molecular weight excluding hydrogens is 188 g/mol. The van der Waals surface area contributed by atoms with Crippen LogP contribution in [-0.4, -0.2) is 47.3 Å². The van der Waals surface area contributed by atoms with E-state index in [1.165, 1.54) is 0 Å². The number of aliphatic hydroxyl groups is 1. The molecule has 92 valence electrons. The van der Waals surface area contributed by atoms with Crippen molar-refractivity contribution in [3.05, 3.63) is 0 Å². The van der Waals surface area contributed by atoms with Crippen LogP contribution in [0.25, 0.3) is 0 Å². The first-order valence-corrected chi connectivity index (χ1v) is 6.02. The molecule has 0 aliphatic carbocycles. The number of hydrogen-bond acceptors (Lipinski definition) is 3. The third kappa shape index (κ3) is 6.13. The number of hydrogen-bond donors (Lipinski definition) is 2. The van der Waals surface area contributed by atoms with Crippen LogP contribution < -0.4 is 5.32 Å². The van der Waals surface area contributed by atoms with Crippen LogP contribution in [0.1, 0.15) is 41.5 Å². The standard InChI is InChI=1S/C12H28N2O/c1-7-14(8-2)9-10(3)13-11(4)12(5,6)15/h10-11,13,15H,7-9H2,1-6H3. The van der Waals surface area contributed by atoms with Gasteiger partial charge in [0.15, 0.2) is 0 Å². The van der Waals surface area contributed by atoms with Crippen LogP contribution in [0.15, 0.2) is 0 Å². The van der Waals surface area contributed by atoms with E-state index in [-0.39, 0.29) is 6.04 Å². The minimum absolute atomic E-state index is 0.114. The number of likely N-dealkylation sites (N-methyl/N-ethyl adjacent to an activating group) is 1. The predicted molar refractivity (Wildman–Crippen MR) is 66.1 cm³/mol. The molecule has 0 aliphatic rings. The molecule has 3 heteroatoms. The monoisotopic (exact) mass is 216 g/mol. The molecule has 2 N–H and O–H groups in total. The molecule has 3 nitrogen and oxygen atoms in total. The Morgan fingerprint density at radius 3 is 2.00 bits per heavy atom. The first-order valence-electron chi connectivity index (χ1n) is 6.02. The summed E-state index contributed by atoms with van der Waals surface area (Å²) in [5.74, 6) is 0. The second-order valence-corrected chi connectivity index (χ2v) is 4.93. The Morgan fingerprint density at radius 2 is 1.67 bits per heavy atom. The molecule has 2 unspecified atom stereocenters.